The molecule has 0 saturated carbocycles. The SMILES string of the molecule is COc1ccc([C@H](CNC(=S)Nc2cccc(OC)c2)[NH+](C)C)cc1. The summed E-state index contributed by atoms with van der Waals surface area (Å²) in [6, 6.07) is 16.1. The van der Waals surface area contributed by atoms with Crippen molar-refractivity contribution in [2.45, 2.75) is 6.04 Å². The first-order valence-corrected chi connectivity index (χ1v) is 8.57. The number of hydrogen-bond acceptors (Lipinski definition) is 3. The highest BCUT2D eigenvalue weighted by atomic mass is 32.1. The summed E-state index contributed by atoms with van der Waals surface area (Å²) in [5.41, 5.74) is 2.13. The lowest BCUT2D eigenvalue weighted by Crippen LogP contribution is -3.07. The zero-order chi connectivity index (χ0) is 18.2. The van der Waals surface area contributed by atoms with Gasteiger partial charge in [0.05, 0.1) is 34.9 Å². The second-order valence-electron chi connectivity index (χ2n) is 5.97. The molecule has 6 heteroatoms. The molecule has 3 N–H and O–H groups in total. The summed E-state index contributed by atoms with van der Waals surface area (Å²) in [5, 5.41) is 7.09. The van der Waals surface area contributed by atoms with Crippen LogP contribution in [0.4, 0.5) is 5.69 Å². The Morgan fingerprint density at radius 2 is 1.72 bits per heavy atom. The Labute approximate surface area is 154 Å². The van der Waals surface area contributed by atoms with Gasteiger partial charge in [-0.15, -0.1) is 0 Å². The molecule has 1 atom stereocenters. The molecule has 0 aliphatic carbocycles. The van der Waals surface area contributed by atoms with E-state index in [0.29, 0.717) is 5.11 Å². The third-order valence-electron chi connectivity index (χ3n) is 4.01. The number of likely N-dealkylation sites (N-methyl/N-ethyl adjacent to an activating group) is 1. The molecule has 134 valence electrons. The molecule has 25 heavy (non-hydrogen) atoms. The van der Waals surface area contributed by atoms with E-state index in [9.17, 15) is 0 Å². The third-order valence-corrected chi connectivity index (χ3v) is 4.26. The predicted molar refractivity (Wildman–Crippen MR) is 106 cm³/mol. The molecule has 2 aromatic carbocycles. The molecule has 0 bridgehead atoms. The topological polar surface area (TPSA) is 47.0 Å². The fourth-order valence-corrected chi connectivity index (χ4v) is 2.76. The molecular weight excluding hydrogens is 334 g/mol. The van der Waals surface area contributed by atoms with Gasteiger partial charge >= 0.3 is 0 Å². The summed E-state index contributed by atoms with van der Waals surface area (Å²) in [6.07, 6.45) is 0. The Morgan fingerprint density at radius 3 is 2.32 bits per heavy atom. The molecule has 0 unspecified atom stereocenters. The van der Waals surface area contributed by atoms with Crippen molar-refractivity contribution in [2.75, 3.05) is 40.2 Å². The van der Waals surface area contributed by atoms with Gasteiger partial charge < -0.3 is 25.0 Å². The van der Waals surface area contributed by atoms with Crippen LogP contribution in [0.2, 0.25) is 0 Å². The highest BCUT2D eigenvalue weighted by Gasteiger charge is 2.18. The zero-order valence-electron chi connectivity index (χ0n) is 15.1. The van der Waals surface area contributed by atoms with Gasteiger partial charge in [0.2, 0.25) is 0 Å². The van der Waals surface area contributed by atoms with E-state index in [1.807, 2.05) is 36.4 Å². The van der Waals surface area contributed by atoms with Gasteiger partial charge in [-0.1, -0.05) is 6.07 Å². The number of anilines is 1. The first kappa shape index (κ1) is 19.0. The molecular formula is C19H26N3O2S+. The average Bonchev–Trinajstić information content (AvgIpc) is 2.62. The van der Waals surface area contributed by atoms with E-state index >= 15 is 0 Å². The van der Waals surface area contributed by atoms with Crippen LogP contribution in [0.25, 0.3) is 0 Å². The van der Waals surface area contributed by atoms with Gasteiger partial charge in [0.25, 0.3) is 0 Å². The number of hydrogen-bond donors (Lipinski definition) is 3. The largest absolute Gasteiger partial charge is 0.497 e. The van der Waals surface area contributed by atoms with Crippen LogP contribution in [0.15, 0.2) is 48.5 Å². The van der Waals surface area contributed by atoms with Crippen molar-refractivity contribution < 1.29 is 14.4 Å². The Balaban J connectivity index is 1.96. The minimum atomic E-state index is 0.274. The fraction of sp³-hybridized carbons (Fsp3) is 0.316. The van der Waals surface area contributed by atoms with E-state index < -0.39 is 0 Å². The second-order valence-corrected chi connectivity index (χ2v) is 6.38. The Bertz CT molecular complexity index is 689. The zero-order valence-corrected chi connectivity index (χ0v) is 15.9. The third kappa shape index (κ3) is 5.62. The molecule has 0 spiro atoms. The summed E-state index contributed by atoms with van der Waals surface area (Å²) in [5.74, 6) is 1.65. The van der Waals surface area contributed by atoms with Crippen molar-refractivity contribution in [3.8, 4) is 11.5 Å². The van der Waals surface area contributed by atoms with Gasteiger partial charge in [-0.2, -0.15) is 0 Å². The van der Waals surface area contributed by atoms with Crippen LogP contribution in [-0.4, -0.2) is 40.0 Å². The van der Waals surface area contributed by atoms with Crippen LogP contribution >= 0.6 is 12.2 Å². The minimum Gasteiger partial charge on any atom is -0.497 e. The summed E-state index contributed by atoms with van der Waals surface area (Å²) in [4.78, 5) is 1.32. The first-order valence-electron chi connectivity index (χ1n) is 8.16. The lowest BCUT2D eigenvalue weighted by molar-refractivity contribution is -0.890. The fourth-order valence-electron chi connectivity index (χ4n) is 2.56. The summed E-state index contributed by atoms with van der Waals surface area (Å²) in [6.45, 7) is 0.727. The van der Waals surface area contributed by atoms with Gasteiger partial charge in [-0.3, -0.25) is 0 Å². The molecule has 2 rings (SSSR count). The Kier molecular flexibility index (Phi) is 7.03. The molecule has 0 saturated heterocycles. The highest BCUT2D eigenvalue weighted by Crippen LogP contribution is 2.17. The molecule has 0 heterocycles. The number of methoxy groups -OCH3 is 2. The average molecular weight is 361 g/mol. The quantitative estimate of drug-likeness (QED) is 0.658. The van der Waals surface area contributed by atoms with Gasteiger partial charge in [0.15, 0.2) is 5.11 Å². The van der Waals surface area contributed by atoms with Gasteiger partial charge in [-0.25, -0.2) is 0 Å². The number of thiocarbonyl (C=S) groups is 1. The second kappa shape index (κ2) is 9.25. The number of quaternary nitrogens is 1. The number of benzene rings is 2. The normalized spacial score (nSPS) is 11.7. The lowest BCUT2D eigenvalue weighted by Gasteiger charge is -2.23. The van der Waals surface area contributed by atoms with E-state index in [0.717, 1.165) is 23.7 Å². The summed E-state index contributed by atoms with van der Waals surface area (Å²) >= 11 is 5.42. The van der Waals surface area contributed by atoms with Crippen LogP contribution in [0.3, 0.4) is 0 Å². The molecule has 0 amide bonds. The van der Waals surface area contributed by atoms with Crippen LogP contribution in [0.1, 0.15) is 11.6 Å². The first-order chi connectivity index (χ1) is 12.0. The van der Waals surface area contributed by atoms with Crippen LogP contribution in [-0.2, 0) is 0 Å². The number of nitrogens with one attached hydrogen (secondary N) is 3. The molecule has 5 nitrogen and oxygen atoms in total. The van der Waals surface area contributed by atoms with E-state index in [1.54, 1.807) is 14.2 Å². The van der Waals surface area contributed by atoms with E-state index in [1.165, 1.54) is 10.5 Å². The molecule has 0 aliphatic heterocycles. The van der Waals surface area contributed by atoms with E-state index in [4.69, 9.17) is 21.7 Å². The summed E-state index contributed by atoms with van der Waals surface area (Å²) < 4.78 is 10.5. The molecule has 0 radical (unpaired) electrons. The van der Waals surface area contributed by atoms with E-state index in [2.05, 4.69) is 36.9 Å². The molecule has 0 aromatic heterocycles. The number of ether oxygens (including phenoxy) is 2. The maximum absolute atomic E-state index is 5.42. The van der Waals surface area contributed by atoms with Gasteiger partial charge in [-0.05, 0) is 48.6 Å². The Hall–Kier alpha value is -2.31. The van der Waals surface area contributed by atoms with Gasteiger partial charge in [0, 0.05) is 17.3 Å². The van der Waals surface area contributed by atoms with Crippen molar-refractivity contribution in [2.24, 2.45) is 0 Å². The standard InChI is InChI=1S/C19H25N3O2S/c1-22(2)18(14-8-10-16(23-3)11-9-14)13-20-19(25)21-15-6-5-7-17(12-15)24-4/h5-12,18H,13H2,1-4H3,(H2,20,21,25)/p+1/t18-/m0/s1. The summed E-state index contributed by atoms with van der Waals surface area (Å²) in [7, 11) is 7.59. The maximum atomic E-state index is 5.42. The smallest absolute Gasteiger partial charge is 0.171 e. The molecule has 0 aliphatic rings. The van der Waals surface area contributed by atoms with Crippen molar-refractivity contribution in [3.05, 3.63) is 54.1 Å². The molecule has 2 aromatic rings. The monoisotopic (exact) mass is 360 g/mol. The number of rotatable bonds is 7. The van der Waals surface area contributed by atoms with Crippen LogP contribution in [0, 0.1) is 0 Å². The van der Waals surface area contributed by atoms with Crippen molar-refractivity contribution in [3.63, 3.8) is 0 Å². The van der Waals surface area contributed by atoms with Gasteiger partial charge in [0.1, 0.15) is 17.5 Å². The Morgan fingerprint density at radius 1 is 1.04 bits per heavy atom. The van der Waals surface area contributed by atoms with Crippen molar-refractivity contribution in [1.29, 1.82) is 0 Å². The predicted octanol–water partition coefficient (Wildman–Crippen LogP) is 1.88. The lowest BCUT2D eigenvalue weighted by atomic mass is 10.1. The van der Waals surface area contributed by atoms with Crippen molar-refractivity contribution in [1.82, 2.24) is 5.32 Å². The highest BCUT2D eigenvalue weighted by molar-refractivity contribution is 7.80. The van der Waals surface area contributed by atoms with Crippen LogP contribution < -0.4 is 25.0 Å². The maximum Gasteiger partial charge on any atom is 0.171 e. The van der Waals surface area contributed by atoms with E-state index in [-0.39, 0.29) is 6.04 Å². The van der Waals surface area contributed by atoms with Crippen LogP contribution in [0.5, 0.6) is 11.5 Å². The minimum absolute atomic E-state index is 0.274. The van der Waals surface area contributed by atoms with Crippen molar-refractivity contribution >= 4 is 23.0 Å². The molecule has 0 fully saturated rings.